The molecular weight excluding hydrogens is 246 g/mol. The van der Waals surface area contributed by atoms with Gasteiger partial charge in [0, 0.05) is 5.56 Å². The van der Waals surface area contributed by atoms with Crippen LogP contribution in [-0.2, 0) is 4.79 Å². The summed E-state index contributed by atoms with van der Waals surface area (Å²) in [4.78, 5) is 10.7. The molecule has 0 fully saturated rings. The van der Waals surface area contributed by atoms with Crippen molar-refractivity contribution in [1.82, 2.24) is 0 Å². The normalized spacial score (nSPS) is 11.1. The monoisotopic (exact) mass is 255 g/mol. The van der Waals surface area contributed by atoms with E-state index in [2.05, 4.69) is 0 Å². The number of carbonyl (C=O) groups is 1. The van der Waals surface area contributed by atoms with E-state index in [4.69, 9.17) is 32.0 Å². The number of rotatable bonds is 4. The number of aliphatic hydroxyl groups excluding tert-OH is 1. The van der Waals surface area contributed by atoms with Gasteiger partial charge in [-0.05, 0) is 18.2 Å². The minimum absolute atomic E-state index is 0.262. The van der Waals surface area contributed by atoms with Crippen LogP contribution in [0, 0.1) is 5.41 Å². The lowest BCUT2D eigenvalue weighted by Crippen LogP contribution is -2.12. The number of carboxylic acid groups (broad SMARTS) is 1. The van der Waals surface area contributed by atoms with Crippen LogP contribution >= 0.6 is 11.6 Å². The average Bonchev–Trinajstić information content (AvgIpc) is 2.29. The molecule has 0 aliphatic carbocycles. The summed E-state index contributed by atoms with van der Waals surface area (Å²) in [6.07, 6.45) is 0.378. The molecule has 1 rings (SSSR count). The zero-order chi connectivity index (χ0) is 13.0. The van der Waals surface area contributed by atoms with Crippen LogP contribution in [0.5, 0.6) is 5.75 Å². The number of aliphatic carboxylic acids is 1. The molecule has 0 aliphatic heterocycles. The van der Waals surface area contributed by atoms with Crippen LogP contribution in [0.4, 0.5) is 0 Å². The molecule has 17 heavy (non-hydrogen) atoms. The van der Waals surface area contributed by atoms with Crippen LogP contribution in [0.3, 0.4) is 0 Å². The summed E-state index contributed by atoms with van der Waals surface area (Å²) in [6, 6.07) is 4.40. The molecule has 0 heterocycles. The van der Waals surface area contributed by atoms with Gasteiger partial charge in [0.15, 0.2) is 0 Å². The van der Waals surface area contributed by atoms with Crippen molar-refractivity contribution >= 4 is 23.3 Å². The first-order valence-corrected chi connectivity index (χ1v) is 4.89. The minimum Gasteiger partial charge on any atom is -0.515 e. The number of benzene rings is 1. The van der Waals surface area contributed by atoms with Crippen LogP contribution < -0.4 is 4.74 Å². The van der Waals surface area contributed by atoms with Crippen LogP contribution in [-0.4, -0.2) is 29.0 Å². The number of methoxy groups -OCH3 is 1. The molecule has 6 heteroatoms. The van der Waals surface area contributed by atoms with Gasteiger partial charge in [-0.3, -0.25) is 5.41 Å². The zero-order valence-electron chi connectivity index (χ0n) is 8.90. The summed E-state index contributed by atoms with van der Waals surface area (Å²) in [5.74, 6) is -0.961. The van der Waals surface area contributed by atoms with Crippen molar-refractivity contribution in [3.63, 3.8) is 0 Å². The molecule has 0 unspecified atom stereocenters. The molecule has 0 aliphatic rings. The van der Waals surface area contributed by atoms with Crippen molar-refractivity contribution in [2.24, 2.45) is 0 Å². The predicted molar refractivity (Wildman–Crippen MR) is 63.2 cm³/mol. The Labute approximate surface area is 102 Å². The van der Waals surface area contributed by atoms with E-state index in [0.29, 0.717) is 12.0 Å². The minimum atomic E-state index is -1.38. The van der Waals surface area contributed by atoms with Gasteiger partial charge in [-0.2, -0.15) is 0 Å². The van der Waals surface area contributed by atoms with Crippen LogP contribution in [0.2, 0.25) is 5.02 Å². The summed E-state index contributed by atoms with van der Waals surface area (Å²) in [5.41, 5.74) is -0.561. The molecule has 5 nitrogen and oxygen atoms in total. The number of hydrogen-bond acceptors (Lipinski definition) is 4. The van der Waals surface area contributed by atoms with Crippen molar-refractivity contribution in [1.29, 1.82) is 5.41 Å². The van der Waals surface area contributed by atoms with Gasteiger partial charge < -0.3 is 14.9 Å². The van der Waals surface area contributed by atoms with Gasteiger partial charge in [0.25, 0.3) is 0 Å². The Bertz CT molecular complexity index is 496. The molecule has 0 atom stereocenters. The summed E-state index contributed by atoms with van der Waals surface area (Å²) in [7, 11) is 1.45. The second-order valence-electron chi connectivity index (χ2n) is 3.07. The Balaban J connectivity index is 3.14. The number of hydrogen-bond donors (Lipinski definition) is 3. The molecule has 1 aromatic carbocycles. The Morgan fingerprint density at radius 1 is 1.53 bits per heavy atom. The highest BCUT2D eigenvalue weighted by Crippen LogP contribution is 2.25. The number of halogens is 1. The fourth-order valence-electron chi connectivity index (χ4n) is 1.20. The smallest absolute Gasteiger partial charge is 0.341 e. The number of aliphatic hydroxyl groups is 1. The van der Waals surface area contributed by atoms with E-state index in [0.717, 1.165) is 0 Å². The predicted octanol–water partition coefficient (Wildman–Crippen LogP) is 2.24. The highest BCUT2D eigenvalue weighted by atomic mass is 35.5. The van der Waals surface area contributed by atoms with Gasteiger partial charge in [0.2, 0.25) is 0 Å². The van der Waals surface area contributed by atoms with Crippen molar-refractivity contribution < 1.29 is 19.7 Å². The number of nitrogens with one attached hydrogen (secondary N) is 1. The lowest BCUT2D eigenvalue weighted by Gasteiger charge is -2.07. The van der Waals surface area contributed by atoms with Crippen molar-refractivity contribution in [3.05, 3.63) is 40.6 Å². The first-order valence-electron chi connectivity index (χ1n) is 4.51. The Kier molecular flexibility index (Phi) is 4.12. The second-order valence-corrected chi connectivity index (χ2v) is 3.48. The third-order valence-electron chi connectivity index (χ3n) is 2.07. The fraction of sp³-hybridized carbons (Fsp3) is 0.0909. The zero-order valence-corrected chi connectivity index (χ0v) is 9.65. The van der Waals surface area contributed by atoms with Crippen LogP contribution in [0.1, 0.15) is 5.56 Å². The van der Waals surface area contributed by atoms with E-state index in [-0.39, 0.29) is 16.3 Å². The van der Waals surface area contributed by atoms with Gasteiger partial charge >= 0.3 is 5.97 Å². The highest BCUT2D eigenvalue weighted by Gasteiger charge is 2.16. The highest BCUT2D eigenvalue weighted by molar-refractivity contribution is 6.33. The van der Waals surface area contributed by atoms with E-state index < -0.39 is 11.5 Å². The summed E-state index contributed by atoms with van der Waals surface area (Å²) in [6.45, 7) is 0. The van der Waals surface area contributed by atoms with Gasteiger partial charge in [0.1, 0.15) is 11.3 Å². The molecule has 0 aromatic heterocycles. The number of carboxylic acids is 1. The lowest BCUT2D eigenvalue weighted by atomic mass is 10.0. The van der Waals surface area contributed by atoms with Crippen molar-refractivity contribution in [3.8, 4) is 5.75 Å². The number of ether oxygens (including phenoxy) is 1. The van der Waals surface area contributed by atoms with E-state index in [1.54, 1.807) is 0 Å². The average molecular weight is 256 g/mol. The third kappa shape index (κ3) is 2.76. The fourth-order valence-corrected chi connectivity index (χ4v) is 1.46. The van der Waals surface area contributed by atoms with Crippen molar-refractivity contribution in [2.75, 3.05) is 7.11 Å². The molecule has 0 saturated heterocycles. The van der Waals surface area contributed by atoms with Crippen molar-refractivity contribution in [2.45, 2.75) is 0 Å². The SMILES string of the molecule is COc1ccc(C(=N)/C(=C\O)C(=O)O)cc1Cl. The van der Waals surface area contributed by atoms with Gasteiger partial charge in [-0.25, -0.2) is 4.79 Å². The van der Waals surface area contributed by atoms with Gasteiger partial charge in [0.05, 0.1) is 24.1 Å². The standard InChI is InChI=1S/C11H10ClNO4/c1-17-9-3-2-6(4-8(9)12)10(13)7(5-14)11(15)16/h2-5,13-14H,1H3,(H,15,16)/b7-5+,13-10?. The summed E-state index contributed by atoms with van der Waals surface area (Å²) < 4.78 is 4.93. The quantitative estimate of drug-likeness (QED) is 0.437. The molecule has 3 N–H and O–H groups in total. The second kappa shape index (κ2) is 5.36. The first-order chi connectivity index (χ1) is 8.01. The largest absolute Gasteiger partial charge is 0.515 e. The first kappa shape index (κ1) is 13.1. The Morgan fingerprint density at radius 3 is 2.59 bits per heavy atom. The Morgan fingerprint density at radius 2 is 2.18 bits per heavy atom. The molecule has 0 spiro atoms. The molecular formula is C11H10ClNO4. The van der Waals surface area contributed by atoms with E-state index in [1.807, 2.05) is 0 Å². The molecule has 0 saturated carbocycles. The summed E-state index contributed by atoms with van der Waals surface area (Å²) >= 11 is 5.85. The Hall–Kier alpha value is -2.01. The van der Waals surface area contributed by atoms with Gasteiger partial charge in [-0.15, -0.1) is 0 Å². The van der Waals surface area contributed by atoms with E-state index >= 15 is 0 Å². The topological polar surface area (TPSA) is 90.6 Å². The molecule has 0 amide bonds. The lowest BCUT2D eigenvalue weighted by molar-refractivity contribution is -0.132. The van der Waals surface area contributed by atoms with Crippen LogP contribution in [0.15, 0.2) is 30.0 Å². The van der Waals surface area contributed by atoms with Gasteiger partial charge in [-0.1, -0.05) is 11.6 Å². The third-order valence-corrected chi connectivity index (χ3v) is 2.36. The van der Waals surface area contributed by atoms with E-state index in [1.165, 1.54) is 25.3 Å². The molecule has 90 valence electrons. The molecule has 1 aromatic rings. The van der Waals surface area contributed by atoms with E-state index in [9.17, 15) is 4.79 Å². The molecule has 0 radical (unpaired) electrons. The molecule has 0 bridgehead atoms. The summed E-state index contributed by atoms with van der Waals surface area (Å²) in [5, 5.41) is 25.4. The maximum Gasteiger partial charge on any atom is 0.341 e. The maximum absolute atomic E-state index is 10.7. The maximum atomic E-state index is 10.7. The van der Waals surface area contributed by atoms with Crippen LogP contribution in [0.25, 0.3) is 0 Å².